The highest BCUT2D eigenvalue weighted by atomic mass is 16.7. The molecule has 0 saturated carbocycles. The molecule has 3 N–H and O–H groups in total. The van der Waals surface area contributed by atoms with Crippen molar-refractivity contribution in [3.8, 4) is 0 Å². The Morgan fingerprint density at radius 1 is 1.10 bits per heavy atom. The summed E-state index contributed by atoms with van der Waals surface area (Å²) in [5.41, 5.74) is 0.0336. The van der Waals surface area contributed by atoms with Gasteiger partial charge in [-0.15, -0.1) is 0 Å². The fourth-order valence-corrected chi connectivity index (χ4v) is 0.611. The van der Waals surface area contributed by atoms with Crippen molar-refractivity contribution in [1.82, 2.24) is 0 Å². The van der Waals surface area contributed by atoms with Gasteiger partial charge in [0.05, 0.1) is 0 Å². The molecule has 1 aromatic rings. The second-order valence-electron chi connectivity index (χ2n) is 1.92. The molecule has 0 fully saturated rings. The SMILES string of the molecule is OC(O)(O)c1cc[c]cc1. The van der Waals surface area contributed by atoms with E-state index in [1.54, 1.807) is 0 Å². The smallest absolute Gasteiger partial charge is 0.304 e. The molecule has 1 radical (unpaired) electrons. The van der Waals surface area contributed by atoms with Crippen molar-refractivity contribution in [2.24, 2.45) is 0 Å². The van der Waals surface area contributed by atoms with Gasteiger partial charge in [0.1, 0.15) is 0 Å². The molecule has 0 aliphatic rings. The minimum Gasteiger partial charge on any atom is -0.340 e. The summed E-state index contributed by atoms with van der Waals surface area (Å²) in [5.74, 6) is -2.73. The summed E-state index contributed by atoms with van der Waals surface area (Å²) in [6.07, 6.45) is 0. The third-order valence-corrected chi connectivity index (χ3v) is 1.11. The molecule has 0 heterocycles. The highest BCUT2D eigenvalue weighted by Crippen LogP contribution is 2.11. The maximum Gasteiger partial charge on any atom is 0.304 e. The van der Waals surface area contributed by atoms with Gasteiger partial charge < -0.3 is 15.3 Å². The third-order valence-electron chi connectivity index (χ3n) is 1.11. The van der Waals surface area contributed by atoms with E-state index in [0.717, 1.165) is 0 Å². The zero-order valence-corrected chi connectivity index (χ0v) is 5.15. The van der Waals surface area contributed by atoms with Crippen molar-refractivity contribution in [3.63, 3.8) is 0 Å². The third kappa shape index (κ3) is 1.54. The van der Waals surface area contributed by atoms with Crippen LogP contribution in [0.25, 0.3) is 0 Å². The lowest BCUT2D eigenvalue weighted by Crippen LogP contribution is -2.23. The van der Waals surface area contributed by atoms with Crippen molar-refractivity contribution >= 4 is 0 Å². The molecule has 53 valence electrons. The van der Waals surface area contributed by atoms with Gasteiger partial charge in [-0.25, -0.2) is 0 Å². The molecule has 0 amide bonds. The molecule has 0 spiro atoms. The van der Waals surface area contributed by atoms with Crippen LogP contribution in [0.4, 0.5) is 0 Å². The molecule has 1 rings (SSSR count). The Kier molecular flexibility index (Phi) is 1.72. The van der Waals surface area contributed by atoms with Crippen LogP contribution in [0.5, 0.6) is 0 Å². The van der Waals surface area contributed by atoms with Crippen LogP contribution in [-0.4, -0.2) is 15.3 Å². The quantitative estimate of drug-likeness (QED) is 0.463. The normalized spacial score (nSPS) is 11.5. The van der Waals surface area contributed by atoms with E-state index in [1.165, 1.54) is 24.3 Å². The van der Waals surface area contributed by atoms with Crippen molar-refractivity contribution in [2.75, 3.05) is 0 Å². The van der Waals surface area contributed by atoms with Gasteiger partial charge in [-0.2, -0.15) is 0 Å². The van der Waals surface area contributed by atoms with E-state index in [0.29, 0.717) is 0 Å². The van der Waals surface area contributed by atoms with Crippen LogP contribution < -0.4 is 0 Å². The maximum atomic E-state index is 8.59. The van der Waals surface area contributed by atoms with Gasteiger partial charge >= 0.3 is 5.97 Å². The minimum atomic E-state index is -2.73. The first kappa shape index (κ1) is 7.21. The fourth-order valence-electron chi connectivity index (χ4n) is 0.611. The first-order valence-electron chi connectivity index (χ1n) is 2.74. The van der Waals surface area contributed by atoms with Gasteiger partial charge in [-0.05, 0) is 6.07 Å². The van der Waals surface area contributed by atoms with Crippen LogP contribution in [0.15, 0.2) is 24.3 Å². The zero-order chi connectivity index (χ0) is 7.61. The first-order chi connectivity index (χ1) is 4.61. The average molecular weight is 139 g/mol. The van der Waals surface area contributed by atoms with Crippen LogP contribution in [0, 0.1) is 6.07 Å². The van der Waals surface area contributed by atoms with Gasteiger partial charge in [-0.1, -0.05) is 24.3 Å². The molecule has 0 aliphatic carbocycles. The number of hydrogen-bond acceptors (Lipinski definition) is 3. The lowest BCUT2D eigenvalue weighted by Gasteiger charge is -2.12. The Morgan fingerprint density at radius 2 is 1.60 bits per heavy atom. The minimum absolute atomic E-state index is 0.0336. The van der Waals surface area contributed by atoms with E-state index in [9.17, 15) is 0 Å². The van der Waals surface area contributed by atoms with Gasteiger partial charge in [0.25, 0.3) is 0 Å². The molecule has 1 aromatic carbocycles. The van der Waals surface area contributed by atoms with E-state index >= 15 is 0 Å². The van der Waals surface area contributed by atoms with Crippen LogP contribution >= 0.6 is 0 Å². The number of benzene rings is 1. The monoisotopic (exact) mass is 139 g/mol. The van der Waals surface area contributed by atoms with Crippen LogP contribution in [0.2, 0.25) is 0 Å². The average Bonchev–Trinajstić information content (AvgIpc) is 1.88. The molecule has 3 heteroatoms. The van der Waals surface area contributed by atoms with Crippen molar-refractivity contribution in [3.05, 3.63) is 35.9 Å². The van der Waals surface area contributed by atoms with Crippen LogP contribution in [0.1, 0.15) is 5.56 Å². The lowest BCUT2D eigenvalue weighted by atomic mass is 10.2. The highest BCUT2D eigenvalue weighted by Gasteiger charge is 2.20. The molecular formula is C7H7O3. The summed E-state index contributed by atoms with van der Waals surface area (Å²) in [6, 6.07) is 8.35. The van der Waals surface area contributed by atoms with Gasteiger partial charge in [0, 0.05) is 5.56 Å². The van der Waals surface area contributed by atoms with E-state index < -0.39 is 5.97 Å². The van der Waals surface area contributed by atoms with E-state index in [1.807, 2.05) is 0 Å². The lowest BCUT2D eigenvalue weighted by molar-refractivity contribution is -0.323. The number of hydrogen-bond donors (Lipinski definition) is 3. The molecule has 0 saturated heterocycles. The van der Waals surface area contributed by atoms with Gasteiger partial charge in [0.2, 0.25) is 0 Å². The maximum absolute atomic E-state index is 8.59. The van der Waals surface area contributed by atoms with Crippen molar-refractivity contribution < 1.29 is 15.3 Å². The predicted octanol–water partition coefficient (Wildman–Crippen LogP) is -0.426. The Bertz CT molecular complexity index is 200. The Labute approximate surface area is 58.2 Å². The van der Waals surface area contributed by atoms with Crippen molar-refractivity contribution in [1.29, 1.82) is 0 Å². The van der Waals surface area contributed by atoms with E-state index in [2.05, 4.69) is 6.07 Å². The zero-order valence-electron chi connectivity index (χ0n) is 5.15. The standard InChI is InChI=1S/C7H7O3/c8-7(9,10)6-4-2-1-3-5-6/h2-5,8-10H. The molecular weight excluding hydrogens is 132 g/mol. The largest absolute Gasteiger partial charge is 0.340 e. The topological polar surface area (TPSA) is 60.7 Å². The molecule has 0 atom stereocenters. The van der Waals surface area contributed by atoms with Gasteiger partial charge in [-0.3, -0.25) is 0 Å². The summed E-state index contributed by atoms with van der Waals surface area (Å²) in [4.78, 5) is 0. The number of aliphatic hydroxyl groups is 3. The Balaban J connectivity index is 2.97. The highest BCUT2D eigenvalue weighted by molar-refractivity contribution is 5.16. The summed E-state index contributed by atoms with van der Waals surface area (Å²) >= 11 is 0. The van der Waals surface area contributed by atoms with E-state index in [-0.39, 0.29) is 5.56 Å². The summed E-state index contributed by atoms with van der Waals surface area (Å²) in [5, 5.41) is 25.8. The molecule has 0 aliphatic heterocycles. The Morgan fingerprint density at radius 3 is 1.90 bits per heavy atom. The fraction of sp³-hybridized carbons (Fsp3) is 0.143. The molecule has 0 unspecified atom stereocenters. The second kappa shape index (κ2) is 2.38. The molecule has 3 nitrogen and oxygen atoms in total. The van der Waals surface area contributed by atoms with Crippen LogP contribution in [0.3, 0.4) is 0 Å². The second-order valence-corrected chi connectivity index (χ2v) is 1.92. The van der Waals surface area contributed by atoms with Crippen LogP contribution in [-0.2, 0) is 5.97 Å². The number of rotatable bonds is 1. The van der Waals surface area contributed by atoms with Crippen molar-refractivity contribution in [2.45, 2.75) is 5.97 Å². The van der Waals surface area contributed by atoms with E-state index in [4.69, 9.17) is 15.3 Å². The summed E-state index contributed by atoms with van der Waals surface area (Å²) in [7, 11) is 0. The molecule has 0 bridgehead atoms. The van der Waals surface area contributed by atoms with Gasteiger partial charge in [0.15, 0.2) is 0 Å². The first-order valence-corrected chi connectivity index (χ1v) is 2.74. The molecule has 10 heavy (non-hydrogen) atoms. The molecule has 0 aromatic heterocycles. The Hall–Kier alpha value is -0.900. The predicted molar refractivity (Wildman–Crippen MR) is 33.6 cm³/mol. The summed E-state index contributed by atoms with van der Waals surface area (Å²) in [6.45, 7) is 0. The summed E-state index contributed by atoms with van der Waals surface area (Å²) < 4.78 is 0.